The Bertz CT molecular complexity index is 1270. The van der Waals surface area contributed by atoms with Crippen molar-refractivity contribution in [1.82, 2.24) is 9.38 Å². The summed E-state index contributed by atoms with van der Waals surface area (Å²) in [4.78, 5) is 17.8. The number of nitrogens with zero attached hydrogens (tertiary/aromatic N) is 2. The summed E-state index contributed by atoms with van der Waals surface area (Å²) in [6.07, 6.45) is 2.19. The predicted octanol–water partition coefficient (Wildman–Crippen LogP) is 6.07. The number of amides is 1. The van der Waals surface area contributed by atoms with Gasteiger partial charge in [0.25, 0.3) is 0 Å². The Hall–Kier alpha value is -3.11. The quantitative estimate of drug-likeness (QED) is 0.438. The molecule has 0 atom stereocenters. The van der Waals surface area contributed by atoms with Gasteiger partial charge in [0, 0.05) is 22.5 Å². The van der Waals surface area contributed by atoms with Gasteiger partial charge in [-0.2, -0.15) is 0 Å². The van der Waals surface area contributed by atoms with Crippen molar-refractivity contribution in [3.8, 4) is 11.3 Å². The van der Waals surface area contributed by atoms with Crippen molar-refractivity contribution in [3.05, 3.63) is 87.7 Å². The zero-order valence-corrected chi connectivity index (χ0v) is 18.3. The van der Waals surface area contributed by atoms with Crippen molar-refractivity contribution in [2.75, 3.05) is 5.32 Å². The van der Waals surface area contributed by atoms with Crippen molar-refractivity contribution in [2.24, 2.45) is 0 Å². The molecule has 0 saturated carbocycles. The van der Waals surface area contributed by atoms with Crippen LogP contribution in [0.2, 0.25) is 5.02 Å². The fourth-order valence-corrected chi connectivity index (χ4v) is 3.75. The Morgan fingerprint density at radius 3 is 2.60 bits per heavy atom. The monoisotopic (exact) mass is 417 g/mol. The maximum Gasteiger partial charge on any atom is 0.230 e. The van der Waals surface area contributed by atoms with Gasteiger partial charge in [0.05, 0.1) is 17.8 Å². The first-order valence-corrected chi connectivity index (χ1v) is 10.3. The summed E-state index contributed by atoms with van der Waals surface area (Å²) in [5.41, 5.74) is 8.70. The van der Waals surface area contributed by atoms with E-state index >= 15 is 0 Å². The SMILES string of the molecule is Cc1ccn2c(CC(=O)Nc3cccc(Cl)c3C)c(-c3ccc(C)c(C)c3)nc2c1. The molecule has 4 nitrogen and oxygen atoms in total. The van der Waals surface area contributed by atoms with Crippen LogP contribution in [0, 0.1) is 27.7 Å². The second-order valence-electron chi connectivity index (χ2n) is 7.78. The van der Waals surface area contributed by atoms with Crippen molar-refractivity contribution in [3.63, 3.8) is 0 Å². The second kappa shape index (κ2) is 7.96. The molecule has 0 radical (unpaired) electrons. The van der Waals surface area contributed by atoms with Crippen LogP contribution < -0.4 is 5.32 Å². The van der Waals surface area contributed by atoms with E-state index in [-0.39, 0.29) is 12.3 Å². The minimum atomic E-state index is -0.104. The highest BCUT2D eigenvalue weighted by molar-refractivity contribution is 6.31. The lowest BCUT2D eigenvalue weighted by atomic mass is 10.0. The van der Waals surface area contributed by atoms with E-state index in [2.05, 4.69) is 37.4 Å². The number of carbonyl (C=O) groups is 1. The molecule has 0 unspecified atom stereocenters. The fourth-order valence-electron chi connectivity index (χ4n) is 3.58. The minimum absolute atomic E-state index is 0.104. The minimum Gasteiger partial charge on any atom is -0.325 e. The van der Waals surface area contributed by atoms with Crippen LogP contribution in [0.25, 0.3) is 16.9 Å². The van der Waals surface area contributed by atoms with Gasteiger partial charge in [0.15, 0.2) is 0 Å². The number of hydrogen-bond acceptors (Lipinski definition) is 2. The Morgan fingerprint density at radius 2 is 1.83 bits per heavy atom. The van der Waals surface area contributed by atoms with Crippen molar-refractivity contribution in [1.29, 1.82) is 0 Å². The summed E-state index contributed by atoms with van der Waals surface area (Å²) in [6.45, 7) is 8.12. The number of fused-ring (bicyclic) bond motifs is 1. The highest BCUT2D eigenvalue weighted by Gasteiger charge is 2.18. The third-order valence-corrected chi connectivity index (χ3v) is 5.94. The number of carbonyl (C=O) groups excluding carboxylic acids is 1. The van der Waals surface area contributed by atoms with Crippen molar-refractivity contribution < 1.29 is 4.79 Å². The maximum atomic E-state index is 13.0. The predicted molar refractivity (Wildman–Crippen MR) is 123 cm³/mol. The lowest BCUT2D eigenvalue weighted by Gasteiger charge is -2.11. The van der Waals surface area contributed by atoms with Gasteiger partial charge in [-0.1, -0.05) is 29.8 Å². The van der Waals surface area contributed by atoms with E-state index < -0.39 is 0 Å². The van der Waals surface area contributed by atoms with E-state index in [4.69, 9.17) is 16.6 Å². The molecule has 30 heavy (non-hydrogen) atoms. The average Bonchev–Trinajstić information content (AvgIpc) is 3.05. The molecule has 0 aliphatic heterocycles. The Balaban J connectivity index is 1.75. The van der Waals surface area contributed by atoms with Crippen LogP contribution in [0.3, 0.4) is 0 Å². The molecule has 4 rings (SSSR count). The normalized spacial score (nSPS) is 11.1. The molecular formula is C25H24ClN3O. The van der Waals surface area contributed by atoms with Gasteiger partial charge in [-0.25, -0.2) is 4.98 Å². The summed E-state index contributed by atoms with van der Waals surface area (Å²) in [6, 6.07) is 15.9. The Labute approximate surface area is 181 Å². The summed E-state index contributed by atoms with van der Waals surface area (Å²) in [5, 5.41) is 3.63. The molecule has 5 heteroatoms. The number of rotatable bonds is 4. The van der Waals surface area contributed by atoms with Crippen LogP contribution >= 0.6 is 11.6 Å². The second-order valence-corrected chi connectivity index (χ2v) is 8.18. The van der Waals surface area contributed by atoms with Crippen LogP contribution in [-0.2, 0) is 11.2 Å². The largest absolute Gasteiger partial charge is 0.325 e. The van der Waals surface area contributed by atoms with Crippen molar-refractivity contribution in [2.45, 2.75) is 34.1 Å². The van der Waals surface area contributed by atoms with Crippen LogP contribution in [0.5, 0.6) is 0 Å². The van der Waals surface area contributed by atoms with Gasteiger partial charge >= 0.3 is 0 Å². The molecule has 2 aromatic carbocycles. The molecule has 0 saturated heterocycles. The number of anilines is 1. The molecule has 0 fully saturated rings. The highest BCUT2D eigenvalue weighted by Crippen LogP contribution is 2.28. The number of aromatic nitrogens is 2. The number of nitrogens with one attached hydrogen (secondary N) is 1. The van der Waals surface area contributed by atoms with Gasteiger partial charge in [-0.15, -0.1) is 0 Å². The zero-order chi connectivity index (χ0) is 21.4. The molecule has 2 heterocycles. The maximum absolute atomic E-state index is 13.0. The number of halogens is 1. The van der Waals surface area contributed by atoms with Crippen LogP contribution in [0.4, 0.5) is 5.69 Å². The number of aryl methyl sites for hydroxylation is 3. The standard InChI is InChI=1S/C25H24ClN3O/c1-15-10-11-29-22(14-24(30)27-21-7-5-6-20(26)18(21)4)25(28-23(29)12-15)19-9-8-16(2)17(3)13-19/h5-13H,14H2,1-4H3,(H,27,30). The Morgan fingerprint density at radius 1 is 1.03 bits per heavy atom. The van der Waals surface area contributed by atoms with E-state index in [1.807, 2.05) is 54.8 Å². The van der Waals surface area contributed by atoms with E-state index in [1.165, 1.54) is 11.1 Å². The zero-order valence-electron chi connectivity index (χ0n) is 17.6. The molecule has 4 aromatic rings. The number of hydrogen-bond donors (Lipinski definition) is 1. The number of pyridine rings is 1. The molecule has 1 amide bonds. The third-order valence-electron chi connectivity index (χ3n) is 5.53. The van der Waals surface area contributed by atoms with Gasteiger partial charge in [0.2, 0.25) is 5.91 Å². The van der Waals surface area contributed by atoms with Crippen LogP contribution in [0.15, 0.2) is 54.7 Å². The molecule has 0 bridgehead atoms. The Kier molecular flexibility index (Phi) is 5.35. The van der Waals surface area contributed by atoms with Crippen LogP contribution in [-0.4, -0.2) is 15.3 Å². The summed E-state index contributed by atoms with van der Waals surface area (Å²) >= 11 is 6.20. The van der Waals surface area contributed by atoms with Gasteiger partial charge in [-0.3, -0.25) is 4.79 Å². The highest BCUT2D eigenvalue weighted by atomic mass is 35.5. The fraction of sp³-hybridized carbons (Fsp3) is 0.200. The third kappa shape index (κ3) is 3.83. The van der Waals surface area contributed by atoms with E-state index in [0.29, 0.717) is 5.02 Å². The lowest BCUT2D eigenvalue weighted by molar-refractivity contribution is -0.115. The van der Waals surface area contributed by atoms with E-state index in [9.17, 15) is 4.79 Å². The molecule has 0 aliphatic carbocycles. The van der Waals surface area contributed by atoms with Crippen molar-refractivity contribution >= 4 is 28.8 Å². The summed E-state index contributed by atoms with van der Waals surface area (Å²) in [5.74, 6) is -0.104. The molecule has 2 aromatic heterocycles. The van der Waals surface area contributed by atoms with Crippen LogP contribution in [0.1, 0.15) is 27.9 Å². The molecule has 1 N–H and O–H groups in total. The molecule has 0 spiro atoms. The summed E-state index contributed by atoms with van der Waals surface area (Å²) < 4.78 is 2.00. The summed E-state index contributed by atoms with van der Waals surface area (Å²) in [7, 11) is 0. The first-order chi connectivity index (χ1) is 14.3. The topological polar surface area (TPSA) is 46.4 Å². The smallest absolute Gasteiger partial charge is 0.230 e. The molecule has 152 valence electrons. The first-order valence-electron chi connectivity index (χ1n) is 9.93. The van der Waals surface area contributed by atoms with Gasteiger partial charge in [0.1, 0.15) is 5.65 Å². The van der Waals surface area contributed by atoms with Gasteiger partial charge in [-0.05, 0) is 80.3 Å². The number of benzene rings is 2. The number of imidazole rings is 1. The lowest BCUT2D eigenvalue weighted by Crippen LogP contribution is -2.16. The van der Waals surface area contributed by atoms with E-state index in [1.54, 1.807) is 0 Å². The first kappa shape index (κ1) is 20.2. The average molecular weight is 418 g/mol. The van der Waals surface area contributed by atoms with Gasteiger partial charge < -0.3 is 9.72 Å². The van der Waals surface area contributed by atoms with E-state index in [0.717, 1.165) is 39.4 Å². The molecular weight excluding hydrogens is 394 g/mol. The molecule has 0 aliphatic rings.